The summed E-state index contributed by atoms with van der Waals surface area (Å²) in [4.78, 5) is 12.0. The first-order valence-corrected chi connectivity index (χ1v) is 8.66. The van der Waals surface area contributed by atoms with E-state index in [1.807, 2.05) is 0 Å². The smallest absolute Gasteiger partial charge is 0.222 e. The molecule has 5 nitrogen and oxygen atoms in total. The molecule has 7 heteroatoms. The average molecular weight is 314 g/mol. The number of carbonyl (C=O) groups excluding carboxylic acids is 1. The first-order valence-electron chi connectivity index (χ1n) is 6.84. The Bertz CT molecular complexity index is 601. The molecule has 1 aliphatic rings. The minimum Gasteiger partial charge on any atom is -0.350 e. The van der Waals surface area contributed by atoms with Crippen LogP contribution in [-0.2, 0) is 14.6 Å². The first-order chi connectivity index (χ1) is 9.85. The minimum atomic E-state index is -3.05. The molecule has 0 radical (unpaired) electrons. The molecular formula is C14H19FN2O3S. The normalized spacial score (nSPS) is 22.5. The average Bonchev–Trinajstić information content (AvgIpc) is 2.37. The zero-order valence-corrected chi connectivity index (χ0v) is 12.6. The number of amides is 1. The molecule has 1 aromatic carbocycles. The van der Waals surface area contributed by atoms with Gasteiger partial charge in [-0.1, -0.05) is 12.1 Å². The van der Waals surface area contributed by atoms with E-state index >= 15 is 0 Å². The van der Waals surface area contributed by atoms with Crippen LogP contribution >= 0.6 is 0 Å². The first kappa shape index (κ1) is 15.9. The number of nitrogens with one attached hydrogen (secondary N) is 2. The summed E-state index contributed by atoms with van der Waals surface area (Å²) in [5, 5.41) is 5.83. The molecule has 1 amide bonds. The molecule has 0 saturated carbocycles. The Labute approximate surface area is 123 Å². The van der Waals surface area contributed by atoms with Gasteiger partial charge >= 0.3 is 0 Å². The standard InChI is InChI=1S/C14H19FN2O3S/c1-10(11-2-4-12(15)5-3-11)17-14(18)8-13-9-21(19,20)7-6-16-13/h2-5,10,13,16H,6-9H2,1H3,(H,17,18)/t10-,13?/m1/s1. The van der Waals surface area contributed by atoms with Crippen molar-refractivity contribution in [2.45, 2.75) is 25.4 Å². The molecule has 2 rings (SSSR count). The van der Waals surface area contributed by atoms with Gasteiger partial charge in [-0.25, -0.2) is 12.8 Å². The van der Waals surface area contributed by atoms with Crippen molar-refractivity contribution in [3.63, 3.8) is 0 Å². The number of hydrogen-bond donors (Lipinski definition) is 2. The van der Waals surface area contributed by atoms with Gasteiger partial charge in [0.15, 0.2) is 9.84 Å². The van der Waals surface area contributed by atoms with E-state index in [0.717, 1.165) is 5.56 Å². The molecule has 0 aromatic heterocycles. The fraction of sp³-hybridized carbons (Fsp3) is 0.500. The Morgan fingerprint density at radius 2 is 2.10 bits per heavy atom. The third-order valence-electron chi connectivity index (χ3n) is 3.48. The van der Waals surface area contributed by atoms with Crippen LogP contribution in [0.2, 0.25) is 0 Å². The number of carbonyl (C=O) groups is 1. The van der Waals surface area contributed by atoms with E-state index in [4.69, 9.17) is 0 Å². The third-order valence-corrected chi connectivity index (χ3v) is 5.22. The van der Waals surface area contributed by atoms with Crippen LogP contribution in [-0.4, -0.2) is 38.4 Å². The van der Waals surface area contributed by atoms with E-state index in [-0.39, 0.29) is 41.7 Å². The Balaban J connectivity index is 1.88. The minimum absolute atomic E-state index is 0.00858. The van der Waals surface area contributed by atoms with Crippen LogP contribution in [0.25, 0.3) is 0 Å². The lowest BCUT2D eigenvalue weighted by Gasteiger charge is -2.24. The fourth-order valence-electron chi connectivity index (χ4n) is 2.36. The van der Waals surface area contributed by atoms with Gasteiger partial charge in [0.1, 0.15) is 5.82 Å². The van der Waals surface area contributed by atoms with Crippen molar-refractivity contribution in [1.29, 1.82) is 0 Å². The van der Waals surface area contributed by atoms with Crippen LogP contribution < -0.4 is 10.6 Å². The molecule has 2 N–H and O–H groups in total. The van der Waals surface area contributed by atoms with Crippen molar-refractivity contribution >= 4 is 15.7 Å². The van der Waals surface area contributed by atoms with Crippen LogP contribution in [0.3, 0.4) is 0 Å². The van der Waals surface area contributed by atoms with Crippen molar-refractivity contribution in [2.75, 3.05) is 18.1 Å². The molecule has 1 aromatic rings. The zero-order valence-electron chi connectivity index (χ0n) is 11.8. The summed E-state index contributed by atoms with van der Waals surface area (Å²) in [6.45, 7) is 2.18. The van der Waals surface area contributed by atoms with E-state index in [1.54, 1.807) is 19.1 Å². The second-order valence-electron chi connectivity index (χ2n) is 5.31. The molecule has 0 aliphatic carbocycles. The number of rotatable bonds is 4. The number of hydrogen-bond acceptors (Lipinski definition) is 4. The second kappa shape index (κ2) is 6.53. The van der Waals surface area contributed by atoms with E-state index in [1.165, 1.54) is 12.1 Å². The third kappa shape index (κ3) is 4.78. The van der Waals surface area contributed by atoms with E-state index in [9.17, 15) is 17.6 Å². The molecule has 1 saturated heterocycles. The summed E-state index contributed by atoms with van der Waals surface area (Å²) in [6.07, 6.45) is 0.116. The Kier molecular flexibility index (Phi) is 4.95. The number of benzene rings is 1. The predicted molar refractivity (Wildman–Crippen MR) is 78.0 cm³/mol. The summed E-state index contributed by atoms with van der Waals surface area (Å²) in [5.74, 6) is -0.432. The molecular weight excluding hydrogens is 295 g/mol. The topological polar surface area (TPSA) is 75.3 Å². The molecule has 1 unspecified atom stereocenters. The zero-order chi connectivity index (χ0) is 15.5. The highest BCUT2D eigenvalue weighted by atomic mass is 32.2. The van der Waals surface area contributed by atoms with Gasteiger partial charge in [0.25, 0.3) is 0 Å². The van der Waals surface area contributed by atoms with Crippen molar-refractivity contribution in [1.82, 2.24) is 10.6 Å². The van der Waals surface area contributed by atoms with Crippen LogP contribution in [0, 0.1) is 5.82 Å². The van der Waals surface area contributed by atoms with Gasteiger partial charge < -0.3 is 10.6 Å². The molecule has 1 aliphatic heterocycles. The van der Waals surface area contributed by atoms with Gasteiger partial charge in [0, 0.05) is 19.0 Å². The van der Waals surface area contributed by atoms with Crippen molar-refractivity contribution in [3.05, 3.63) is 35.6 Å². The van der Waals surface area contributed by atoms with Crippen LogP contribution in [0.1, 0.15) is 24.9 Å². The van der Waals surface area contributed by atoms with Gasteiger partial charge in [0.05, 0.1) is 17.5 Å². The molecule has 21 heavy (non-hydrogen) atoms. The molecule has 0 bridgehead atoms. The van der Waals surface area contributed by atoms with E-state index < -0.39 is 9.84 Å². The maximum atomic E-state index is 12.8. The van der Waals surface area contributed by atoms with Crippen LogP contribution in [0.4, 0.5) is 4.39 Å². The van der Waals surface area contributed by atoms with Gasteiger partial charge in [0.2, 0.25) is 5.91 Å². The van der Waals surface area contributed by atoms with Gasteiger partial charge in [-0.2, -0.15) is 0 Å². The summed E-state index contributed by atoms with van der Waals surface area (Å²) in [7, 11) is -3.05. The highest BCUT2D eigenvalue weighted by molar-refractivity contribution is 7.91. The number of sulfone groups is 1. The summed E-state index contributed by atoms with van der Waals surface area (Å²) in [6, 6.07) is 5.32. The predicted octanol–water partition coefficient (Wildman–Crippen LogP) is 0.780. The van der Waals surface area contributed by atoms with Gasteiger partial charge in [-0.3, -0.25) is 4.79 Å². The molecule has 0 spiro atoms. The monoisotopic (exact) mass is 314 g/mol. The summed E-state index contributed by atoms with van der Waals surface area (Å²) < 4.78 is 35.9. The van der Waals surface area contributed by atoms with Crippen LogP contribution in [0.5, 0.6) is 0 Å². The Morgan fingerprint density at radius 3 is 2.71 bits per heavy atom. The van der Waals surface area contributed by atoms with Crippen molar-refractivity contribution in [2.24, 2.45) is 0 Å². The fourth-order valence-corrected chi connectivity index (χ4v) is 3.80. The van der Waals surface area contributed by atoms with Gasteiger partial charge in [-0.05, 0) is 24.6 Å². The highest BCUT2D eigenvalue weighted by Gasteiger charge is 2.26. The number of halogens is 1. The highest BCUT2D eigenvalue weighted by Crippen LogP contribution is 2.13. The van der Waals surface area contributed by atoms with Crippen molar-refractivity contribution in [3.8, 4) is 0 Å². The second-order valence-corrected chi connectivity index (χ2v) is 7.54. The lowest BCUT2D eigenvalue weighted by molar-refractivity contribution is -0.122. The largest absolute Gasteiger partial charge is 0.350 e. The summed E-state index contributed by atoms with van der Waals surface area (Å²) in [5.41, 5.74) is 0.800. The Hall–Kier alpha value is -1.47. The molecule has 116 valence electrons. The van der Waals surface area contributed by atoms with E-state index in [0.29, 0.717) is 6.54 Å². The quantitative estimate of drug-likeness (QED) is 0.861. The maximum Gasteiger partial charge on any atom is 0.222 e. The van der Waals surface area contributed by atoms with E-state index in [2.05, 4.69) is 10.6 Å². The lowest BCUT2D eigenvalue weighted by atomic mass is 10.1. The van der Waals surface area contributed by atoms with Gasteiger partial charge in [-0.15, -0.1) is 0 Å². The maximum absolute atomic E-state index is 12.8. The van der Waals surface area contributed by atoms with Crippen LogP contribution in [0.15, 0.2) is 24.3 Å². The lowest BCUT2D eigenvalue weighted by Crippen LogP contribution is -2.47. The molecule has 1 fully saturated rings. The molecule has 1 heterocycles. The Morgan fingerprint density at radius 1 is 1.43 bits per heavy atom. The van der Waals surface area contributed by atoms with Crippen molar-refractivity contribution < 1.29 is 17.6 Å². The molecule has 2 atom stereocenters. The summed E-state index contributed by atoms with van der Waals surface area (Å²) >= 11 is 0. The SMILES string of the molecule is C[C@@H](NC(=O)CC1CS(=O)(=O)CCN1)c1ccc(F)cc1.